The third-order valence-electron chi connectivity index (χ3n) is 4.45. The van der Waals surface area contributed by atoms with Gasteiger partial charge >= 0.3 is 0 Å². The van der Waals surface area contributed by atoms with Crippen LogP contribution in [0.15, 0.2) is 22.7 Å². The summed E-state index contributed by atoms with van der Waals surface area (Å²) in [4.78, 5) is 2.54. The highest BCUT2D eigenvalue weighted by Crippen LogP contribution is 2.30. The van der Waals surface area contributed by atoms with E-state index in [1.165, 1.54) is 31.2 Å². The number of rotatable bonds is 4. The third kappa shape index (κ3) is 3.97. The number of hydrogen-bond acceptors (Lipinski definition) is 2. The zero-order valence-electron chi connectivity index (χ0n) is 12.1. The molecule has 2 nitrogen and oxygen atoms in total. The average Bonchev–Trinajstić information content (AvgIpc) is 2.69. The molecule has 112 valence electrons. The molecule has 1 aromatic carbocycles. The largest absolute Gasteiger partial charge is 0.329 e. The SMILES string of the molecule is CCC1CCCN(C(CN)c2ccc(Br)c(Cl)c2)CC1. The fourth-order valence-corrected chi connectivity index (χ4v) is 3.56. The van der Waals surface area contributed by atoms with Gasteiger partial charge < -0.3 is 5.73 Å². The molecular weight excluding hydrogens is 336 g/mol. The maximum absolute atomic E-state index is 6.23. The number of nitrogens with zero attached hydrogens (tertiary/aromatic N) is 1. The van der Waals surface area contributed by atoms with E-state index in [4.69, 9.17) is 17.3 Å². The van der Waals surface area contributed by atoms with Gasteiger partial charge in [0.25, 0.3) is 0 Å². The average molecular weight is 360 g/mol. The molecule has 20 heavy (non-hydrogen) atoms. The van der Waals surface area contributed by atoms with Gasteiger partial charge in [-0.3, -0.25) is 4.90 Å². The van der Waals surface area contributed by atoms with Gasteiger partial charge in [0.2, 0.25) is 0 Å². The van der Waals surface area contributed by atoms with Crippen LogP contribution in [-0.4, -0.2) is 24.5 Å². The van der Waals surface area contributed by atoms with Gasteiger partial charge in [-0.15, -0.1) is 0 Å². The Morgan fingerprint density at radius 2 is 2.20 bits per heavy atom. The van der Waals surface area contributed by atoms with Crippen molar-refractivity contribution in [2.24, 2.45) is 11.7 Å². The quantitative estimate of drug-likeness (QED) is 0.850. The molecule has 0 aliphatic carbocycles. The molecule has 2 atom stereocenters. The molecule has 0 saturated carbocycles. The van der Waals surface area contributed by atoms with Crippen molar-refractivity contribution in [3.63, 3.8) is 0 Å². The lowest BCUT2D eigenvalue weighted by molar-refractivity contribution is 0.207. The van der Waals surface area contributed by atoms with E-state index >= 15 is 0 Å². The van der Waals surface area contributed by atoms with Crippen LogP contribution in [0.3, 0.4) is 0 Å². The summed E-state index contributed by atoms with van der Waals surface area (Å²) in [6.45, 7) is 5.24. The lowest BCUT2D eigenvalue weighted by Gasteiger charge is -2.30. The third-order valence-corrected chi connectivity index (χ3v) is 5.68. The Balaban J connectivity index is 2.12. The normalized spacial score (nSPS) is 22.5. The van der Waals surface area contributed by atoms with Crippen molar-refractivity contribution in [2.45, 2.75) is 38.6 Å². The van der Waals surface area contributed by atoms with E-state index in [-0.39, 0.29) is 6.04 Å². The number of hydrogen-bond donors (Lipinski definition) is 1. The Labute approximate surface area is 135 Å². The number of benzene rings is 1. The highest BCUT2D eigenvalue weighted by atomic mass is 79.9. The van der Waals surface area contributed by atoms with Crippen LogP contribution in [0.4, 0.5) is 0 Å². The van der Waals surface area contributed by atoms with Gasteiger partial charge in [0, 0.05) is 17.1 Å². The van der Waals surface area contributed by atoms with Crippen LogP contribution in [0.2, 0.25) is 5.02 Å². The monoisotopic (exact) mass is 358 g/mol. The van der Waals surface area contributed by atoms with Crippen LogP contribution < -0.4 is 5.73 Å². The van der Waals surface area contributed by atoms with E-state index < -0.39 is 0 Å². The highest BCUT2D eigenvalue weighted by Gasteiger charge is 2.23. The van der Waals surface area contributed by atoms with E-state index in [0.29, 0.717) is 6.54 Å². The predicted molar refractivity (Wildman–Crippen MR) is 90.2 cm³/mol. The van der Waals surface area contributed by atoms with Crippen LogP contribution >= 0.6 is 27.5 Å². The van der Waals surface area contributed by atoms with Crippen molar-refractivity contribution < 1.29 is 0 Å². The van der Waals surface area contributed by atoms with E-state index in [2.05, 4.69) is 33.8 Å². The minimum Gasteiger partial charge on any atom is -0.329 e. The number of halogens is 2. The topological polar surface area (TPSA) is 29.3 Å². The summed E-state index contributed by atoms with van der Waals surface area (Å²) in [5.41, 5.74) is 7.28. The molecule has 1 aliphatic rings. The first kappa shape index (κ1) is 16.3. The zero-order valence-corrected chi connectivity index (χ0v) is 14.5. The molecule has 0 spiro atoms. The van der Waals surface area contributed by atoms with Gasteiger partial charge in [-0.1, -0.05) is 31.0 Å². The van der Waals surface area contributed by atoms with Gasteiger partial charge in [0.1, 0.15) is 0 Å². The Morgan fingerprint density at radius 1 is 1.40 bits per heavy atom. The molecule has 2 rings (SSSR count). The van der Waals surface area contributed by atoms with Gasteiger partial charge in [0.05, 0.1) is 5.02 Å². The van der Waals surface area contributed by atoms with E-state index in [9.17, 15) is 0 Å². The van der Waals surface area contributed by atoms with Crippen LogP contribution in [0, 0.1) is 5.92 Å². The molecule has 1 aromatic rings. The molecule has 0 bridgehead atoms. The first-order chi connectivity index (χ1) is 9.65. The fourth-order valence-electron chi connectivity index (χ4n) is 3.12. The highest BCUT2D eigenvalue weighted by molar-refractivity contribution is 9.10. The molecule has 0 aromatic heterocycles. The zero-order chi connectivity index (χ0) is 14.5. The predicted octanol–water partition coefficient (Wildman–Crippen LogP) is 4.61. The first-order valence-corrected chi connectivity index (χ1v) is 8.71. The summed E-state index contributed by atoms with van der Waals surface area (Å²) in [5.74, 6) is 0.881. The lowest BCUT2D eigenvalue weighted by Crippen LogP contribution is -2.34. The lowest BCUT2D eigenvalue weighted by atomic mass is 9.98. The minimum absolute atomic E-state index is 0.288. The maximum atomic E-state index is 6.23. The molecule has 0 radical (unpaired) electrons. The minimum atomic E-state index is 0.288. The number of nitrogens with two attached hydrogens (primary N) is 1. The summed E-state index contributed by atoms with van der Waals surface area (Å²) >= 11 is 9.67. The van der Waals surface area contributed by atoms with Gasteiger partial charge in [0.15, 0.2) is 0 Å². The Kier molecular flexibility index (Phi) is 6.34. The van der Waals surface area contributed by atoms with Crippen LogP contribution in [0.1, 0.15) is 44.2 Å². The maximum Gasteiger partial charge on any atom is 0.0551 e. The van der Waals surface area contributed by atoms with E-state index in [0.717, 1.165) is 28.5 Å². The van der Waals surface area contributed by atoms with Gasteiger partial charge in [-0.2, -0.15) is 0 Å². The van der Waals surface area contributed by atoms with Crippen molar-refractivity contribution in [3.8, 4) is 0 Å². The van der Waals surface area contributed by atoms with Gasteiger partial charge in [-0.25, -0.2) is 0 Å². The molecule has 1 fully saturated rings. The summed E-state index contributed by atoms with van der Waals surface area (Å²) in [6, 6.07) is 6.49. The summed E-state index contributed by atoms with van der Waals surface area (Å²) in [7, 11) is 0. The van der Waals surface area contributed by atoms with Crippen molar-refractivity contribution >= 4 is 27.5 Å². The molecule has 0 amide bonds. The van der Waals surface area contributed by atoms with Crippen molar-refractivity contribution in [1.29, 1.82) is 0 Å². The molecule has 1 saturated heterocycles. The molecule has 1 heterocycles. The summed E-state index contributed by atoms with van der Waals surface area (Å²) < 4.78 is 0.945. The first-order valence-electron chi connectivity index (χ1n) is 7.54. The van der Waals surface area contributed by atoms with Crippen molar-refractivity contribution in [2.75, 3.05) is 19.6 Å². The van der Waals surface area contributed by atoms with Crippen molar-refractivity contribution in [3.05, 3.63) is 33.3 Å². The Bertz CT molecular complexity index is 438. The molecule has 4 heteroatoms. The molecule has 2 N–H and O–H groups in total. The van der Waals surface area contributed by atoms with E-state index in [1.54, 1.807) is 0 Å². The number of likely N-dealkylation sites (tertiary alicyclic amines) is 1. The summed E-state index contributed by atoms with van der Waals surface area (Å²) in [5, 5.41) is 0.766. The molecule has 2 unspecified atom stereocenters. The standard InChI is InChI=1S/C16H24BrClN2/c1-2-12-4-3-8-20(9-7-12)16(11-19)13-5-6-14(17)15(18)10-13/h5-6,10,12,16H,2-4,7-9,11,19H2,1H3. The van der Waals surface area contributed by atoms with Crippen LogP contribution in [0.5, 0.6) is 0 Å². The summed E-state index contributed by atoms with van der Waals surface area (Å²) in [6.07, 6.45) is 5.22. The van der Waals surface area contributed by atoms with Crippen molar-refractivity contribution in [1.82, 2.24) is 4.90 Å². The second-order valence-electron chi connectivity index (χ2n) is 5.67. The van der Waals surface area contributed by atoms with Crippen LogP contribution in [-0.2, 0) is 0 Å². The second kappa shape index (κ2) is 7.79. The Morgan fingerprint density at radius 3 is 2.85 bits per heavy atom. The fraction of sp³-hybridized carbons (Fsp3) is 0.625. The smallest absolute Gasteiger partial charge is 0.0551 e. The van der Waals surface area contributed by atoms with Crippen LogP contribution in [0.25, 0.3) is 0 Å². The second-order valence-corrected chi connectivity index (χ2v) is 6.93. The Hall–Kier alpha value is -0.0900. The van der Waals surface area contributed by atoms with Gasteiger partial charge in [-0.05, 0) is 71.9 Å². The van der Waals surface area contributed by atoms with E-state index in [1.807, 2.05) is 12.1 Å². The molecule has 1 aliphatic heterocycles. The molecular formula is C16H24BrClN2.